The van der Waals surface area contributed by atoms with Crippen LogP contribution in [0.2, 0.25) is 0 Å². The van der Waals surface area contributed by atoms with Gasteiger partial charge in [0.25, 0.3) is 0 Å². The highest BCUT2D eigenvalue weighted by molar-refractivity contribution is 8.15. The number of nitrogens with zero attached hydrogens (tertiary/aromatic N) is 2. The van der Waals surface area contributed by atoms with Crippen molar-refractivity contribution in [1.29, 1.82) is 0 Å². The van der Waals surface area contributed by atoms with Crippen LogP contribution in [0.1, 0.15) is 56.1 Å². The summed E-state index contributed by atoms with van der Waals surface area (Å²) in [7, 11) is 0. The van der Waals surface area contributed by atoms with E-state index in [1.165, 1.54) is 50.3 Å². The summed E-state index contributed by atoms with van der Waals surface area (Å²) in [6.45, 7) is 0. The number of carboxylic acid groups (broad SMARTS) is 1. The lowest BCUT2D eigenvalue weighted by molar-refractivity contribution is -0.138. The number of benzene rings is 1. The van der Waals surface area contributed by atoms with Gasteiger partial charge in [-0.2, -0.15) is 5.10 Å². The fourth-order valence-corrected chi connectivity index (χ4v) is 7.26. The van der Waals surface area contributed by atoms with Gasteiger partial charge in [0.2, 0.25) is 5.91 Å². The largest absolute Gasteiger partial charge is 0.507 e. The van der Waals surface area contributed by atoms with Crippen molar-refractivity contribution in [3.63, 3.8) is 0 Å². The molecule has 5 aliphatic rings. The number of phenols is 1. The standard InChI is InChI=1S/C22H25N3O4S/c26-17-2-1-16(22-8-12-3-13(9-22)5-14(4-12)10-22)6-15(17)11-23-25-21-24-20(29)18(30-21)7-19(27)28/h1-2,6,11-14,18,26H,3-5,7-10H2,(H,27,28)(H,24,25,29). The van der Waals surface area contributed by atoms with Gasteiger partial charge in [-0.3, -0.25) is 9.59 Å². The Balaban J connectivity index is 1.34. The Kier molecular flexibility index (Phi) is 4.84. The molecule has 0 aromatic heterocycles. The van der Waals surface area contributed by atoms with Crippen molar-refractivity contribution in [3.8, 4) is 5.75 Å². The van der Waals surface area contributed by atoms with Gasteiger partial charge in [-0.1, -0.05) is 17.8 Å². The number of carbonyl (C=O) groups is 2. The van der Waals surface area contributed by atoms with Gasteiger partial charge >= 0.3 is 5.97 Å². The van der Waals surface area contributed by atoms with Gasteiger partial charge in [0.05, 0.1) is 12.6 Å². The Morgan fingerprint density at radius 2 is 1.87 bits per heavy atom. The highest BCUT2D eigenvalue weighted by Gasteiger charge is 2.51. The van der Waals surface area contributed by atoms with Crippen LogP contribution in [-0.4, -0.2) is 38.7 Å². The summed E-state index contributed by atoms with van der Waals surface area (Å²) in [5, 5.41) is 29.3. The molecule has 1 aromatic rings. The zero-order valence-electron chi connectivity index (χ0n) is 16.6. The Morgan fingerprint density at radius 3 is 2.50 bits per heavy atom. The molecule has 1 aliphatic heterocycles. The van der Waals surface area contributed by atoms with Gasteiger partial charge in [0.1, 0.15) is 11.0 Å². The van der Waals surface area contributed by atoms with Crippen molar-refractivity contribution in [2.75, 3.05) is 0 Å². The van der Waals surface area contributed by atoms with E-state index in [0.717, 1.165) is 29.5 Å². The van der Waals surface area contributed by atoms with Gasteiger partial charge < -0.3 is 15.5 Å². The molecule has 158 valence electrons. The number of amidine groups is 1. The molecule has 4 bridgehead atoms. The summed E-state index contributed by atoms with van der Waals surface area (Å²) in [5.41, 5.74) is 2.14. The number of amides is 1. The predicted octanol–water partition coefficient (Wildman–Crippen LogP) is 3.26. The van der Waals surface area contributed by atoms with E-state index in [-0.39, 0.29) is 28.7 Å². The van der Waals surface area contributed by atoms with Gasteiger partial charge in [-0.15, -0.1) is 5.10 Å². The van der Waals surface area contributed by atoms with Crippen LogP contribution < -0.4 is 5.32 Å². The normalized spacial score (nSPS) is 36.0. The van der Waals surface area contributed by atoms with Crippen molar-refractivity contribution in [2.45, 2.75) is 55.6 Å². The third-order valence-electron chi connectivity index (χ3n) is 7.16. The van der Waals surface area contributed by atoms with Crippen LogP contribution in [0, 0.1) is 17.8 Å². The average molecular weight is 428 g/mol. The number of rotatable bonds is 5. The quantitative estimate of drug-likeness (QED) is 0.493. The number of hydrogen-bond donors (Lipinski definition) is 3. The molecular formula is C22H25N3O4S. The molecule has 1 unspecified atom stereocenters. The van der Waals surface area contributed by atoms with E-state index in [1.54, 1.807) is 6.07 Å². The van der Waals surface area contributed by atoms with E-state index >= 15 is 0 Å². The highest BCUT2D eigenvalue weighted by atomic mass is 32.2. The number of aromatic hydroxyl groups is 1. The first-order chi connectivity index (χ1) is 14.4. The van der Waals surface area contributed by atoms with Crippen LogP contribution in [0.5, 0.6) is 5.75 Å². The zero-order valence-corrected chi connectivity index (χ0v) is 17.4. The van der Waals surface area contributed by atoms with Gasteiger partial charge in [0.15, 0.2) is 5.17 Å². The van der Waals surface area contributed by atoms with Crippen molar-refractivity contribution >= 4 is 35.0 Å². The van der Waals surface area contributed by atoms with Gasteiger partial charge in [0, 0.05) is 5.56 Å². The molecular weight excluding hydrogens is 402 g/mol. The fraction of sp³-hybridized carbons (Fsp3) is 0.545. The highest BCUT2D eigenvalue weighted by Crippen LogP contribution is 2.60. The molecule has 1 atom stereocenters. The number of hydrogen-bond acceptors (Lipinski definition) is 6. The summed E-state index contributed by atoms with van der Waals surface area (Å²) in [5.74, 6) is 1.28. The molecule has 4 aliphatic carbocycles. The molecule has 0 spiro atoms. The first-order valence-electron chi connectivity index (χ1n) is 10.5. The van der Waals surface area contributed by atoms with E-state index in [0.29, 0.717) is 5.56 Å². The maximum absolute atomic E-state index is 11.8. The number of carbonyl (C=O) groups excluding carboxylic acids is 1. The number of nitrogens with one attached hydrogen (secondary N) is 1. The topological polar surface area (TPSA) is 111 Å². The lowest BCUT2D eigenvalue weighted by atomic mass is 9.48. The SMILES string of the molecule is O=C(O)CC1SC(=NN=Cc2cc(C34CC5CC(CC(C5)C3)C4)ccc2O)NC1=O. The van der Waals surface area contributed by atoms with Crippen LogP contribution in [0.15, 0.2) is 28.4 Å². The van der Waals surface area contributed by atoms with Crippen LogP contribution in [0.3, 0.4) is 0 Å². The van der Waals surface area contributed by atoms with Gasteiger partial charge in [-0.05, 0) is 79.4 Å². The molecule has 1 heterocycles. The number of phenolic OH excluding ortho intramolecular Hbond substituents is 1. The minimum atomic E-state index is -1.03. The van der Waals surface area contributed by atoms with Crippen molar-refractivity contribution in [3.05, 3.63) is 29.3 Å². The van der Waals surface area contributed by atoms with Crippen molar-refractivity contribution in [1.82, 2.24) is 5.32 Å². The summed E-state index contributed by atoms with van der Waals surface area (Å²) in [6, 6.07) is 5.85. The Morgan fingerprint density at radius 1 is 1.20 bits per heavy atom. The molecule has 1 amide bonds. The second-order valence-corrected chi connectivity index (χ2v) is 10.5. The predicted molar refractivity (Wildman–Crippen MR) is 115 cm³/mol. The lowest BCUT2D eigenvalue weighted by Crippen LogP contribution is -2.48. The van der Waals surface area contributed by atoms with Crippen LogP contribution in [0.4, 0.5) is 0 Å². The number of carboxylic acids is 1. The second kappa shape index (κ2) is 7.41. The Bertz CT molecular complexity index is 922. The summed E-state index contributed by atoms with van der Waals surface area (Å²) in [6.07, 6.45) is 9.14. The summed E-state index contributed by atoms with van der Waals surface area (Å²) >= 11 is 1.06. The molecule has 6 rings (SSSR count). The minimum Gasteiger partial charge on any atom is -0.507 e. The maximum atomic E-state index is 11.8. The summed E-state index contributed by atoms with van der Waals surface area (Å²) in [4.78, 5) is 22.6. The van der Waals surface area contributed by atoms with E-state index in [1.807, 2.05) is 6.07 Å². The van der Waals surface area contributed by atoms with Crippen LogP contribution in [0.25, 0.3) is 0 Å². The Hall–Kier alpha value is -2.35. The number of aliphatic carboxylic acids is 1. The van der Waals surface area contributed by atoms with Crippen LogP contribution >= 0.6 is 11.8 Å². The minimum absolute atomic E-state index is 0.152. The van der Waals surface area contributed by atoms with Crippen molar-refractivity contribution < 1.29 is 19.8 Å². The molecule has 0 radical (unpaired) electrons. The molecule has 1 saturated heterocycles. The number of thioether (sulfide) groups is 1. The first kappa shape index (κ1) is 19.6. The molecule has 1 aromatic carbocycles. The van der Waals surface area contributed by atoms with Gasteiger partial charge in [-0.25, -0.2) is 0 Å². The van der Waals surface area contributed by atoms with E-state index in [2.05, 4.69) is 21.6 Å². The second-order valence-electron chi connectivity index (χ2n) is 9.31. The lowest BCUT2D eigenvalue weighted by Gasteiger charge is -2.57. The molecule has 4 saturated carbocycles. The molecule has 30 heavy (non-hydrogen) atoms. The molecule has 7 nitrogen and oxygen atoms in total. The van der Waals surface area contributed by atoms with E-state index in [4.69, 9.17) is 5.11 Å². The average Bonchev–Trinajstić information content (AvgIpc) is 3.00. The van der Waals surface area contributed by atoms with E-state index < -0.39 is 11.2 Å². The molecule has 5 fully saturated rings. The monoisotopic (exact) mass is 427 g/mol. The summed E-state index contributed by atoms with van der Waals surface area (Å²) < 4.78 is 0. The Labute approximate surface area is 179 Å². The smallest absolute Gasteiger partial charge is 0.305 e. The molecule has 8 heteroatoms. The van der Waals surface area contributed by atoms with E-state index in [9.17, 15) is 14.7 Å². The zero-order chi connectivity index (χ0) is 20.9. The third-order valence-corrected chi connectivity index (χ3v) is 8.23. The van der Waals surface area contributed by atoms with Crippen LogP contribution in [-0.2, 0) is 15.0 Å². The third kappa shape index (κ3) is 3.62. The molecule has 3 N–H and O–H groups in total. The maximum Gasteiger partial charge on any atom is 0.305 e. The fourth-order valence-electron chi connectivity index (χ4n) is 6.34. The first-order valence-corrected chi connectivity index (χ1v) is 11.4. The van der Waals surface area contributed by atoms with Crippen molar-refractivity contribution in [2.24, 2.45) is 28.0 Å².